The number of amides is 1. The lowest BCUT2D eigenvalue weighted by molar-refractivity contribution is -0.0533. The highest BCUT2D eigenvalue weighted by Gasteiger charge is 2.25. The van der Waals surface area contributed by atoms with Gasteiger partial charge in [-0.05, 0) is 26.3 Å². The summed E-state index contributed by atoms with van der Waals surface area (Å²) in [7, 11) is 0. The third kappa shape index (κ3) is 5.36. The Hall–Kier alpha value is -1.59. The van der Waals surface area contributed by atoms with E-state index in [-0.39, 0.29) is 12.3 Å². The van der Waals surface area contributed by atoms with Gasteiger partial charge in [0.05, 0.1) is 19.3 Å². The summed E-state index contributed by atoms with van der Waals surface area (Å²) in [5, 5.41) is 2.90. The van der Waals surface area contributed by atoms with E-state index in [0.29, 0.717) is 19.6 Å². The molecular weight excluding hydrogens is 270 g/mol. The minimum Gasteiger partial charge on any atom is -0.444 e. The van der Waals surface area contributed by atoms with Crippen molar-refractivity contribution in [3.05, 3.63) is 35.9 Å². The van der Waals surface area contributed by atoms with Gasteiger partial charge in [0.2, 0.25) is 0 Å². The predicted octanol–water partition coefficient (Wildman–Crippen LogP) is 3.02. The topological polar surface area (TPSA) is 56.8 Å². The maximum atomic E-state index is 12.0. The Kier molecular flexibility index (Phi) is 5.20. The van der Waals surface area contributed by atoms with E-state index in [1.807, 2.05) is 51.1 Å². The molecule has 5 nitrogen and oxygen atoms in total. The first-order chi connectivity index (χ1) is 9.94. The molecule has 1 aliphatic heterocycles. The monoisotopic (exact) mass is 293 g/mol. The molecule has 0 radical (unpaired) electrons. The first kappa shape index (κ1) is 15.8. The van der Waals surface area contributed by atoms with Crippen molar-refractivity contribution in [3.8, 4) is 0 Å². The molecular formula is C16H23NO4. The van der Waals surface area contributed by atoms with Gasteiger partial charge in [0, 0.05) is 6.42 Å². The number of carbonyl (C=O) groups is 1. The highest BCUT2D eigenvalue weighted by molar-refractivity contribution is 5.68. The zero-order valence-electron chi connectivity index (χ0n) is 12.8. The van der Waals surface area contributed by atoms with Gasteiger partial charge in [-0.2, -0.15) is 0 Å². The molecule has 1 atom stereocenters. The van der Waals surface area contributed by atoms with Crippen molar-refractivity contribution >= 4 is 6.09 Å². The average molecular weight is 293 g/mol. The SMILES string of the molecule is CC(C)(C)OC(=O)N[C@@H](CC1OCCO1)c1ccccc1. The van der Waals surface area contributed by atoms with Crippen molar-refractivity contribution in [2.45, 2.75) is 45.1 Å². The summed E-state index contributed by atoms with van der Waals surface area (Å²) < 4.78 is 16.3. The van der Waals surface area contributed by atoms with Crippen LogP contribution in [-0.4, -0.2) is 31.2 Å². The number of rotatable bonds is 4. The summed E-state index contributed by atoms with van der Waals surface area (Å²) in [5.74, 6) is 0. The standard InChI is InChI=1S/C16H23NO4/c1-16(2,3)21-15(18)17-13(11-14-19-9-10-20-14)12-7-5-4-6-8-12/h4-8,13-14H,9-11H2,1-3H3,(H,17,18)/t13-/m0/s1. The molecule has 116 valence electrons. The second-order valence-corrected chi connectivity index (χ2v) is 6.02. The van der Waals surface area contributed by atoms with E-state index in [1.165, 1.54) is 0 Å². The van der Waals surface area contributed by atoms with Crippen LogP contribution in [0, 0.1) is 0 Å². The van der Waals surface area contributed by atoms with Crippen LogP contribution in [0.2, 0.25) is 0 Å². The molecule has 2 rings (SSSR count). The van der Waals surface area contributed by atoms with Crippen molar-refractivity contribution in [1.82, 2.24) is 5.32 Å². The van der Waals surface area contributed by atoms with Crippen molar-refractivity contribution in [1.29, 1.82) is 0 Å². The van der Waals surface area contributed by atoms with E-state index in [4.69, 9.17) is 14.2 Å². The van der Waals surface area contributed by atoms with Crippen LogP contribution in [0.1, 0.15) is 38.8 Å². The molecule has 0 aliphatic carbocycles. The summed E-state index contributed by atoms with van der Waals surface area (Å²) in [5.41, 5.74) is 0.480. The maximum Gasteiger partial charge on any atom is 0.408 e. The third-order valence-corrected chi connectivity index (χ3v) is 3.01. The predicted molar refractivity (Wildman–Crippen MR) is 78.9 cm³/mol. The van der Waals surface area contributed by atoms with Crippen LogP contribution in [0.4, 0.5) is 4.79 Å². The fraction of sp³-hybridized carbons (Fsp3) is 0.562. The highest BCUT2D eigenvalue weighted by Crippen LogP contribution is 2.23. The zero-order chi connectivity index (χ0) is 15.3. The van der Waals surface area contributed by atoms with Gasteiger partial charge in [-0.1, -0.05) is 30.3 Å². The van der Waals surface area contributed by atoms with Crippen LogP contribution in [0.5, 0.6) is 0 Å². The summed E-state index contributed by atoms with van der Waals surface area (Å²) >= 11 is 0. The zero-order valence-corrected chi connectivity index (χ0v) is 12.8. The minimum atomic E-state index is -0.522. The van der Waals surface area contributed by atoms with Crippen LogP contribution in [-0.2, 0) is 14.2 Å². The quantitative estimate of drug-likeness (QED) is 0.927. The van der Waals surface area contributed by atoms with E-state index in [0.717, 1.165) is 5.56 Å². The molecule has 0 unspecified atom stereocenters. The van der Waals surface area contributed by atoms with Gasteiger partial charge >= 0.3 is 6.09 Å². The first-order valence-electron chi connectivity index (χ1n) is 7.22. The van der Waals surface area contributed by atoms with Crippen LogP contribution < -0.4 is 5.32 Å². The molecule has 1 N–H and O–H groups in total. The number of carbonyl (C=O) groups excluding carboxylic acids is 1. The highest BCUT2D eigenvalue weighted by atomic mass is 16.7. The molecule has 1 saturated heterocycles. The molecule has 0 bridgehead atoms. The number of hydrogen-bond donors (Lipinski definition) is 1. The molecule has 1 aliphatic rings. The summed E-state index contributed by atoms with van der Waals surface area (Å²) in [6, 6.07) is 9.55. The fourth-order valence-electron chi connectivity index (χ4n) is 2.15. The van der Waals surface area contributed by atoms with Gasteiger partial charge in [0.25, 0.3) is 0 Å². The largest absolute Gasteiger partial charge is 0.444 e. The van der Waals surface area contributed by atoms with Gasteiger partial charge in [-0.3, -0.25) is 0 Å². The van der Waals surface area contributed by atoms with Crippen LogP contribution in [0.3, 0.4) is 0 Å². The molecule has 1 aromatic carbocycles. The Balaban J connectivity index is 2.03. The second-order valence-electron chi connectivity index (χ2n) is 6.02. The molecule has 1 heterocycles. The first-order valence-corrected chi connectivity index (χ1v) is 7.22. The number of alkyl carbamates (subject to hydrolysis) is 1. The number of nitrogens with one attached hydrogen (secondary N) is 1. The molecule has 5 heteroatoms. The van der Waals surface area contributed by atoms with E-state index >= 15 is 0 Å². The maximum absolute atomic E-state index is 12.0. The summed E-state index contributed by atoms with van der Waals surface area (Å²) in [4.78, 5) is 12.0. The van der Waals surface area contributed by atoms with E-state index in [1.54, 1.807) is 0 Å². The lowest BCUT2D eigenvalue weighted by Crippen LogP contribution is -2.36. The van der Waals surface area contributed by atoms with Gasteiger partial charge in [0.15, 0.2) is 6.29 Å². The number of hydrogen-bond acceptors (Lipinski definition) is 4. The van der Waals surface area contributed by atoms with Gasteiger partial charge in [0.1, 0.15) is 5.60 Å². The van der Waals surface area contributed by atoms with E-state index in [2.05, 4.69) is 5.32 Å². The summed E-state index contributed by atoms with van der Waals surface area (Å²) in [6.45, 7) is 6.71. The van der Waals surface area contributed by atoms with Crippen LogP contribution in [0.15, 0.2) is 30.3 Å². The van der Waals surface area contributed by atoms with E-state index < -0.39 is 11.7 Å². The second kappa shape index (κ2) is 6.91. The van der Waals surface area contributed by atoms with Crippen molar-refractivity contribution in [3.63, 3.8) is 0 Å². The van der Waals surface area contributed by atoms with Crippen molar-refractivity contribution < 1.29 is 19.0 Å². The molecule has 1 aromatic rings. The molecule has 1 amide bonds. The van der Waals surface area contributed by atoms with Gasteiger partial charge in [-0.15, -0.1) is 0 Å². The normalized spacial score (nSPS) is 17.5. The van der Waals surface area contributed by atoms with Crippen molar-refractivity contribution in [2.24, 2.45) is 0 Å². The Morgan fingerprint density at radius 1 is 1.29 bits per heavy atom. The third-order valence-electron chi connectivity index (χ3n) is 3.01. The van der Waals surface area contributed by atoms with Crippen LogP contribution in [0.25, 0.3) is 0 Å². The van der Waals surface area contributed by atoms with Crippen LogP contribution >= 0.6 is 0 Å². The lowest BCUT2D eigenvalue weighted by atomic mass is 10.0. The Morgan fingerprint density at radius 3 is 2.48 bits per heavy atom. The fourth-order valence-corrected chi connectivity index (χ4v) is 2.15. The molecule has 21 heavy (non-hydrogen) atoms. The number of ether oxygens (including phenoxy) is 3. The Labute approximate surface area is 125 Å². The molecule has 0 aromatic heterocycles. The van der Waals surface area contributed by atoms with E-state index in [9.17, 15) is 4.79 Å². The molecule has 0 spiro atoms. The minimum absolute atomic E-state index is 0.204. The molecule has 0 saturated carbocycles. The smallest absolute Gasteiger partial charge is 0.408 e. The lowest BCUT2D eigenvalue weighted by Gasteiger charge is -2.25. The number of benzene rings is 1. The molecule has 1 fully saturated rings. The van der Waals surface area contributed by atoms with Gasteiger partial charge < -0.3 is 19.5 Å². The van der Waals surface area contributed by atoms with Crippen molar-refractivity contribution in [2.75, 3.05) is 13.2 Å². The Bertz CT molecular complexity index is 449. The average Bonchev–Trinajstić information content (AvgIpc) is 2.90. The van der Waals surface area contributed by atoms with Gasteiger partial charge in [-0.25, -0.2) is 4.79 Å². The Morgan fingerprint density at radius 2 is 1.90 bits per heavy atom. The summed E-state index contributed by atoms with van der Waals surface area (Å²) in [6.07, 6.45) is -0.164.